The van der Waals surface area contributed by atoms with E-state index in [-0.39, 0.29) is 17.7 Å². The highest BCUT2D eigenvalue weighted by Gasteiger charge is 2.28. The number of benzene rings is 2. The van der Waals surface area contributed by atoms with E-state index in [0.29, 0.717) is 58.7 Å². The molecule has 1 fully saturated rings. The first-order valence-corrected chi connectivity index (χ1v) is 9.94. The fourth-order valence-corrected chi connectivity index (χ4v) is 3.85. The first-order valence-electron chi connectivity index (χ1n) is 9.19. The van der Waals surface area contributed by atoms with E-state index in [1.54, 1.807) is 55.5 Å². The van der Waals surface area contributed by atoms with Gasteiger partial charge in [-0.25, -0.2) is 0 Å². The molecule has 6 nitrogen and oxygen atoms in total. The summed E-state index contributed by atoms with van der Waals surface area (Å²) in [6.45, 7) is 0.986. The fraction of sp³-hybridized carbons (Fsp3) is 0.333. The maximum Gasteiger partial charge on any atom is 0.254 e. The highest BCUT2D eigenvalue weighted by atomic mass is 35.5. The molecule has 0 radical (unpaired) electrons. The number of hydrogen-bond donors (Lipinski definition) is 1. The molecule has 0 atom stereocenters. The zero-order valence-electron chi connectivity index (χ0n) is 16.2. The first kappa shape index (κ1) is 21.3. The molecule has 0 aliphatic carbocycles. The number of nitrogens with one attached hydrogen (secondary N) is 1. The van der Waals surface area contributed by atoms with Crippen LogP contribution in [0.25, 0.3) is 0 Å². The molecule has 1 saturated heterocycles. The number of methoxy groups -OCH3 is 2. The molecular weight excluding hydrogens is 415 g/mol. The van der Waals surface area contributed by atoms with Crippen LogP contribution in [-0.2, 0) is 4.79 Å². The van der Waals surface area contributed by atoms with Gasteiger partial charge in [0.05, 0.1) is 14.2 Å². The monoisotopic (exact) mass is 436 g/mol. The quantitative estimate of drug-likeness (QED) is 0.748. The molecule has 1 aliphatic heterocycles. The van der Waals surface area contributed by atoms with E-state index in [9.17, 15) is 9.59 Å². The molecule has 2 aromatic rings. The summed E-state index contributed by atoms with van der Waals surface area (Å²) in [7, 11) is 3.08. The van der Waals surface area contributed by atoms with Crippen LogP contribution in [0.2, 0.25) is 10.0 Å². The molecule has 0 saturated carbocycles. The van der Waals surface area contributed by atoms with Crippen molar-refractivity contribution < 1.29 is 19.1 Å². The van der Waals surface area contributed by atoms with Crippen molar-refractivity contribution >= 4 is 40.7 Å². The predicted octanol–water partition coefficient (Wildman–Crippen LogP) is 4.50. The first-order chi connectivity index (χ1) is 13.9. The van der Waals surface area contributed by atoms with Gasteiger partial charge in [-0.15, -0.1) is 0 Å². The van der Waals surface area contributed by atoms with Crippen LogP contribution in [0.15, 0.2) is 36.4 Å². The molecule has 1 heterocycles. The van der Waals surface area contributed by atoms with Gasteiger partial charge < -0.3 is 19.7 Å². The van der Waals surface area contributed by atoms with Crippen LogP contribution in [0.3, 0.4) is 0 Å². The second kappa shape index (κ2) is 9.37. The Balaban J connectivity index is 1.61. The van der Waals surface area contributed by atoms with E-state index < -0.39 is 0 Å². The van der Waals surface area contributed by atoms with Crippen molar-refractivity contribution in [3.05, 3.63) is 52.0 Å². The summed E-state index contributed by atoms with van der Waals surface area (Å²) < 4.78 is 10.5. The lowest BCUT2D eigenvalue weighted by Crippen LogP contribution is -2.41. The second-order valence-corrected chi connectivity index (χ2v) is 7.69. The van der Waals surface area contributed by atoms with Crippen LogP contribution in [0.5, 0.6) is 11.5 Å². The third-order valence-electron chi connectivity index (χ3n) is 4.88. The standard InChI is InChI=1S/C21H22Cl2N2O4/c1-28-18-7-14(8-19(12-18)29-2)21(27)25-5-3-13(4-6-25)20(26)24-17-10-15(22)9-16(23)11-17/h7-13H,3-6H2,1-2H3,(H,24,26). The Labute approximate surface area is 179 Å². The number of amides is 2. The molecular formula is C21H22Cl2N2O4. The molecule has 0 aromatic heterocycles. The van der Waals surface area contributed by atoms with Gasteiger partial charge in [-0.05, 0) is 43.2 Å². The smallest absolute Gasteiger partial charge is 0.254 e. The van der Waals surface area contributed by atoms with Gasteiger partial charge in [-0.2, -0.15) is 0 Å². The van der Waals surface area contributed by atoms with E-state index in [1.165, 1.54) is 0 Å². The van der Waals surface area contributed by atoms with Gasteiger partial charge in [0, 0.05) is 46.4 Å². The van der Waals surface area contributed by atoms with Gasteiger partial charge in [0.25, 0.3) is 5.91 Å². The third-order valence-corrected chi connectivity index (χ3v) is 5.32. The molecule has 2 aromatic carbocycles. The largest absolute Gasteiger partial charge is 0.497 e. The number of halogens is 2. The summed E-state index contributed by atoms with van der Waals surface area (Å²) in [5, 5.41) is 3.78. The summed E-state index contributed by atoms with van der Waals surface area (Å²) in [6, 6.07) is 10.0. The zero-order valence-corrected chi connectivity index (χ0v) is 17.7. The fourth-order valence-electron chi connectivity index (χ4n) is 3.33. The van der Waals surface area contributed by atoms with Crippen LogP contribution >= 0.6 is 23.2 Å². The Morgan fingerprint density at radius 1 is 0.931 bits per heavy atom. The van der Waals surface area contributed by atoms with Crippen LogP contribution in [0.1, 0.15) is 23.2 Å². The van der Waals surface area contributed by atoms with Crippen molar-refractivity contribution in [2.45, 2.75) is 12.8 Å². The average molecular weight is 437 g/mol. The van der Waals surface area contributed by atoms with E-state index >= 15 is 0 Å². The summed E-state index contributed by atoms with van der Waals surface area (Å²) in [4.78, 5) is 27.2. The number of anilines is 1. The highest BCUT2D eigenvalue weighted by molar-refractivity contribution is 6.35. The van der Waals surface area contributed by atoms with Crippen molar-refractivity contribution in [1.29, 1.82) is 0 Å². The Hall–Kier alpha value is -2.44. The summed E-state index contributed by atoms with van der Waals surface area (Å²) in [6.07, 6.45) is 1.15. The van der Waals surface area contributed by atoms with Gasteiger partial charge in [0.2, 0.25) is 5.91 Å². The SMILES string of the molecule is COc1cc(OC)cc(C(=O)N2CCC(C(=O)Nc3cc(Cl)cc(Cl)c3)CC2)c1. The minimum Gasteiger partial charge on any atom is -0.497 e. The Morgan fingerprint density at radius 3 is 2.00 bits per heavy atom. The minimum atomic E-state index is -0.184. The predicted molar refractivity (Wildman–Crippen MR) is 113 cm³/mol. The minimum absolute atomic E-state index is 0.0986. The third kappa shape index (κ3) is 5.34. The van der Waals surface area contributed by atoms with Crippen molar-refractivity contribution in [3.8, 4) is 11.5 Å². The van der Waals surface area contributed by atoms with Crippen molar-refractivity contribution in [2.24, 2.45) is 5.92 Å². The number of carbonyl (C=O) groups is 2. The van der Waals surface area contributed by atoms with Gasteiger partial charge in [-0.3, -0.25) is 9.59 Å². The normalized spacial score (nSPS) is 14.4. The number of likely N-dealkylation sites (tertiary alicyclic amines) is 1. The maximum atomic E-state index is 12.9. The van der Waals surface area contributed by atoms with Crippen molar-refractivity contribution in [3.63, 3.8) is 0 Å². The lowest BCUT2D eigenvalue weighted by Gasteiger charge is -2.31. The number of ether oxygens (including phenoxy) is 2. The molecule has 0 unspecified atom stereocenters. The Bertz CT molecular complexity index is 869. The second-order valence-electron chi connectivity index (χ2n) is 6.82. The average Bonchev–Trinajstić information content (AvgIpc) is 2.72. The summed E-state index contributed by atoms with van der Waals surface area (Å²) in [5.74, 6) is 0.724. The van der Waals surface area contributed by atoms with Crippen molar-refractivity contribution in [2.75, 3.05) is 32.6 Å². The number of rotatable bonds is 5. The number of nitrogens with zero attached hydrogens (tertiary/aromatic N) is 1. The summed E-state index contributed by atoms with van der Waals surface area (Å²) in [5.41, 5.74) is 1.06. The Morgan fingerprint density at radius 2 is 1.48 bits per heavy atom. The van der Waals surface area contributed by atoms with Crippen LogP contribution < -0.4 is 14.8 Å². The van der Waals surface area contributed by atoms with E-state index in [2.05, 4.69) is 5.32 Å². The topological polar surface area (TPSA) is 67.9 Å². The number of carbonyl (C=O) groups excluding carboxylic acids is 2. The van der Waals surface area contributed by atoms with Crippen LogP contribution in [-0.4, -0.2) is 44.0 Å². The van der Waals surface area contributed by atoms with Crippen molar-refractivity contribution in [1.82, 2.24) is 4.90 Å². The van der Waals surface area contributed by atoms with Gasteiger partial charge >= 0.3 is 0 Å². The van der Waals surface area contributed by atoms with Crippen LogP contribution in [0.4, 0.5) is 5.69 Å². The zero-order chi connectivity index (χ0) is 21.0. The number of piperidine rings is 1. The Kier molecular flexibility index (Phi) is 6.87. The van der Waals surface area contributed by atoms with E-state index in [4.69, 9.17) is 32.7 Å². The molecule has 154 valence electrons. The number of hydrogen-bond acceptors (Lipinski definition) is 4. The molecule has 0 bridgehead atoms. The lowest BCUT2D eigenvalue weighted by molar-refractivity contribution is -0.121. The van der Waals surface area contributed by atoms with Crippen LogP contribution in [0, 0.1) is 5.92 Å². The lowest BCUT2D eigenvalue weighted by atomic mass is 9.95. The molecule has 2 amide bonds. The van der Waals surface area contributed by atoms with Gasteiger partial charge in [0.1, 0.15) is 11.5 Å². The summed E-state index contributed by atoms with van der Waals surface area (Å²) >= 11 is 12.0. The molecule has 29 heavy (non-hydrogen) atoms. The molecule has 8 heteroatoms. The molecule has 1 aliphatic rings. The molecule has 0 spiro atoms. The van der Waals surface area contributed by atoms with Gasteiger partial charge in [-0.1, -0.05) is 23.2 Å². The molecule has 3 rings (SSSR count). The maximum absolute atomic E-state index is 12.9. The van der Waals surface area contributed by atoms with E-state index in [1.807, 2.05) is 0 Å². The van der Waals surface area contributed by atoms with Gasteiger partial charge in [0.15, 0.2) is 0 Å². The molecule has 1 N–H and O–H groups in total. The highest BCUT2D eigenvalue weighted by Crippen LogP contribution is 2.27. The van der Waals surface area contributed by atoms with E-state index in [0.717, 1.165) is 0 Å².